The molecule has 6 nitrogen and oxygen atoms in total. The molecule has 0 unspecified atom stereocenters. The zero-order valence-corrected chi connectivity index (χ0v) is 15.7. The largest absolute Gasteiger partial charge is 0.497 e. The average Bonchev–Trinajstić information content (AvgIpc) is 3.16. The molecule has 6 heteroatoms. The number of aliphatic hydroxyl groups excluding tert-OH is 1. The molecular weight excluding hydrogens is 358 g/mol. The van der Waals surface area contributed by atoms with Crippen LogP contribution in [0.2, 0.25) is 0 Å². The van der Waals surface area contributed by atoms with Crippen LogP contribution >= 0.6 is 0 Å². The lowest BCUT2D eigenvalue weighted by Crippen LogP contribution is -2.72. The third-order valence-corrected chi connectivity index (χ3v) is 5.56. The number of aliphatic hydroxyl groups is 1. The van der Waals surface area contributed by atoms with E-state index in [1.54, 1.807) is 36.3 Å². The van der Waals surface area contributed by atoms with Crippen LogP contribution in [-0.4, -0.2) is 42.2 Å². The van der Waals surface area contributed by atoms with Gasteiger partial charge in [0.2, 0.25) is 6.10 Å². The number of ketones is 1. The van der Waals surface area contributed by atoms with Crippen molar-refractivity contribution in [2.75, 3.05) is 12.0 Å². The van der Waals surface area contributed by atoms with E-state index in [4.69, 9.17) is 9.47 Å². The van der Waals surface area contributed by atoms with Crippen LogP contribution in [0.1, 0.15) is 19.3 Å². The molecule has 1 saturated heterocycles. The highest BCUT2D eigenvalue weighted by atomic mass is 16.5. The first kappa shape index (κ1) is 18.5. The van der Waals surface area contributed by atoms with Crippen LogP contribution in [0.25, 0.3) is 0 Å². The minimum absolute atomic E-state index is 0.0584. The number of hydrogen-bond donors (Lipinski definition) is 1. The number of carbonyl (C=O) groups excluding carboxylic acids is 2. The Morgan fingerprint density at radius 3 is 2.32 bits per heavy atom. The summed E-state index contributed by atoms with van der Waals surface area (Å²) in [7, 11) is 1.58. The van der Waals surface area contributed by atoms with Gasteiger partial charge in [-0.05, 0) is 49.2 Å². The van der Waals surface area contributed by atoms with Crippen LogP contribution in [0.15, 0.2) is 54.6 Å². The molecule has 146 valence electrons. The number of β-lactam (4-membered cyclic amide) rings is 1. The first-order valence-corrected chi connectivity index (χ1v) is 9.50. The summed E-state index contributed by atoms with van der Waals surface area (Å²) >= 11 is 0. The Bertz CT molecular complexity index is 851. The molecule has 4 rings (SSSR count). The van der Waals surface area contributed by atoms with Gasteiger partial charge in [-0.2, -0.15) is 0 Å². The van der Waals surface area contributed by atoms with Crippen LogP contribution in [0.3, 0.4) is 0 Å². The van der Waals surface area contributed by atoms with Gasteiger partial charge in [0.25, 0.3) is 5.91 Å². The molecule has 1 heterocycles. The lowest BCUT2D eigenvalue weighted by Gasteiger charge is -2.49. The number of hydrogen-bond acceptors (Lipinski definition) is 5. The van der Waals surface area contributed by atoms with Crippen LogP contribution in [0, 0.1) is 5.92 Å². The smallest absolute Gasteiger partial charge is 0.270 e. The molecule has 0 bridgehead atoms. The number of para-hydroxylation sites is 1. The van der Waals surface area contributed by atoms with Crippen LogP contribution in [0.5, 0.6) is 11.5 Å². The van der Waals surface area contributed by atoms with E-state index in [9.17, 15) is 14.7 Å². The van der Waals surface area contributed by atoms with Crippen molar-refractivity contribution in [1.82, 2.24) is 0 Å². The summed E-state index contributed by atoms with van der Waals surface area (Å²) in [5.41, 5.74) is 0.691. The van der Waals surface area contributed by atoms with Crippen molar-refractivity contribution >= 4 is 17.4 Å². The molecule has 0 aromatic heterocycles. The van der Waals surface area contributed by atoms with E-state index in [1.807, 2.05) is 30.3 Å². The molecular formula is C22H23NO5. The number of anilines is 1. The average molecular weight is 381 g/mol. The Labute approximate surface area is 163 Å². The fourth-order valence-corrected chi connectivity index (χ4v) is 4.07. The summed E-state index contributed by atoms with van der Waals surface area (Å²) < 4.78 is 11.1. The Morgan fingerprint density at radius 1 is 1.04 bits per heavy atom. The molecule has 1 amide bonds. The molecule has 2 aromatic carbocycles. The molecule has 2 aliphatic rings. The quantitative estimate of drug-likeness (QED) is 0.779. The Balaban J connectivity index is 1.60. The molecule has 1 aliphatic heterocycles. The van der Waals surface area contributed by atoms with E-state index in [-0.39, 0.29) is 11.7 Å². The van der Waals surface area contributed by atoms with E-state index in [0.29, 0.717) is 30.0 Å². The maximum absolute atomic E-state index is 12.9. The predicted molar refractivity (Wildman–Crippen MR) is 103 cm³/mol. The van der Waals surface area contributed by atoms with Gasteiger partial charge in [-0.1, -0.05) is 18.2 Å². The standard InChI is InChI=1S/C22H23NO5/c1-27-15-10-12-16(13-11-15)28-21-19(20(25)17-8-5-9-18(17)24)23(22(21)26)14-6-3-2-4-7-14/h2-4,6-7,10-13,17,19-21,25H,5,8-9H2,1H3/t17-,19+,20+,21-/m1/s1. The van der Waals surface area contributed by atoms with Crippen molar-refractivity contribution in [2.24, 2.45) is 5.92 Å². The monoisotopic (exact) mass is 381 g/mol. The van der Waals surface area contributed by atoms with Gasteiger partial charge in [-0.15, -0.1) is 0 Å². The first-order chi connectivity index (χ1) is 13.6. The van der Waals surface area contributed by atoms with Crippen molar-refractivity contribution in [3.63, 3.8) is 0 Å². The normalized spacial score (nSPS) is 25.4. The molecule has 2 fully saturated rings. The third-order valence-electron chi connectivity index (χ3n) is 5.56. The highest BCUT2D eigenvalue weighted by molar-refractivity contribution is 6.05. The highest BCUT2D eigenvalue weighted by Gasteiger charge is 2.56. The number of carbonyl (C=O) groups is 2. The Hall–Kier alpha value is -2.86. The maximum atomic E-state index is 12.9. The third kappa shape index (κ3) is 3.24. The van der Waals surface area contributed by atoms with Crippen LogP contribution in [-0.2, 0) is 9.59 Å². The second-order valence-corrected chi connectivity index (χ2v) is 7.20. The van der Waals surface area contributed by atoms with E-state index < -0.39 is 24.2 Å². The fourth-order valence-electron chi connectivity index (χ4n) is 4.07. The number of Topliss-reactive ketones (excluding diaryl/α,β-unsaturated/α-hetero) is 1. The van der Waals surface area contributed by atoms with Gasteiger partial charge in [0.05, 0.1) is 13.2 Å². The van der Waals surface area contributed by atoms with E-state index in [1.165, 1.54) is 0 Å². The molecule has 1 aliphatic carbocycles. The van der Waals surface area contributed by atoms with Crippen molar-refractivity contribution in [2.45, 2.75) is 37.5 Å². The molecule has 0 radical (unpaired) electrons. The highest BCUT2D eigenvalue weighted by Crippen LogP contribution is 2.38. The summed E-state index contributed by atoms with van der Waals surface area (Å²) in [5, 5.41) is 11.0. The van der Waals surface area contributed by atoms with Crippen LogP contribution in [0.4, 0.5) is 5.69 Å². The predicted octanol–water partition coefficient (Wildman–Crippen LogP) is 2.59. The van der Waals surface area contributed by atoms with Crippen LogP contribution < -0.4 is 14.4 Å². The summed E-state index contributed by atoms with van der Waals surface area (Å²) in [6.45, 7) is 0. The second kappa shape index (κ2) is 7.64. The van der Waals surface area contributed by atoms with E-state index in [2.05, 4.69) is 0 Å². The minimum atomic E-state index is -0.962. The summed E-state index contributed by atoms with van der Waals surface area (Å²) in [6, 6.07) is 15.5. The molecule has 1 N–H and O–H groups in total. The molecule has 1 saturated carbocycles. The molecule has 0 spiro atoms. The molecule has 28 heavy (non-hydrogen) atoms. The summed E-state index contributed by atoms with van der Waals surface area (Å²) in [6.07, 6.45) is 0.102. The zero-order chi connectivity index (χ0) is 19.7. The van der Waals surface area contributed by atoms with Gasteiger partial charge in [-0.3, -0.25) is 14.5 Å². The minimum Gasteiger partial charge on any atom is -0.497 e. The first-order valence-electron chi connectivity index (χ1n) is 9.50. The van der Waals surface area contributed by atoms with Gasteiger partial charge in [0.15, 0.2) is 0 Å². The number of nitrogens with zero attached hydrogens (tertiary/aromatic N) is 1. The maximum Gasteiger partial charge on any atom is 0.270 e. The SMILES string of the molecule is COc1ccc(O[C@H]2C(=O)N(c3ccccc3)[C@H]2[C@@H](O)[C@@H]2CCCC2=O)cc1. The van der Waals surface area contributed by atoms with Gasteiger partial charge in [0.1, 0.15) is 23.3 Å². The number of benzene rings is 2. The number of ether oxygens (including phenoxy) is 2. The van der Waals surface area contributed by atoms with Crippen molar-refractivity contribution < 1.29 is 24.2 Å². The number of rotatable bonds is 6. The Morgan fingerprint density at radius 2 is 1.71 bits per heavy atom. The van der Waals surface area contributed by atoms with Crippen molar-refractivity contribution in [1.29, 1.82) is 0 Å². The summed E-state index contributed by atoms with van der Waals surface area (Å²) in [4.78, 5) is 26.6. The molecule has 4 atom stereocenters. The summed E-state index contributed by atoms with van der Waals surface area (Å²) in [5.74, 6) is 0.582. The van der Waals surface area contributed by atoms with Gasteiger partial charge in [0, 0.05) is 18.0 Å². The lowest BCUT2D eigenvalue weighted by atomic mass is 9.83. The lowest BCUT2D eigenvalue weighted by molar-refractivity contribution is -0.142. The van der Waals surface area contributed by atoms with Gasteiger partial charge >= 0.3 is 0 Å². The van der Waals surface area contributed by atoms with Crippen molar-refractivity contribution in [3.05, 3.63) is 54.6 Å². The number of methoxy groups -OCH3 is 1. The molecule has 2 aromatic rings. The van der Waals surface area contributed by atoms with Crippen molar-refractivity contribution in [3.8, 4) is 11.5 Å². The second-order valence-electron chi connectivity index (χ2n) is 7.20. The topological polar surface area (TPSA) is 76.1 Å². The van der Waals surface area contributed by atoms with Gasteiger partial charge < -0.3 is 14.6 Å². The van der Waals surface area contributed by atoms with Gasteiger partial charge in [-0.25, -0.2) is 0 Å². The zero-order valence-electron chi connectivity index (χ0n) is 15.7. The fraction of sp³-hybridized carbons (Fsp3) is 0.364. The van der Waals surface area contributed by atoms with E-state index >= 15 is 0 Å². The Kier molecular flexibility index (Phi) is 5.05. The van der Waals surface area contributed by atoms with E-state index in [0.717, 1.165) is 6.42 Å². The number of amides is 1.